The number of thiazole rings is 1. The zero-order valence-electron chi connectivity index (χ0n) is 9.48. The quantitative estimate of drug-likeness (QED) is 0.912. The summed E-state index contributed by atoms with van der Waals surface area (Å²) in [4.78, 5) is 4.57. The molecule has 0 saturated heterocycles. The number of hydrogen-bond acceptors (Lipinski definition) is 4. The molecule has 0 unspecified atom stereocenters. The summed E-state index contributed by atoms with van der Waals surface area (Å²) in [5, 5.41) is 15.1. The predicted octanol–water partition coefficient (Wildman–Crippen LogP) is 4.40. The maximum absolute atomic E-state index is 8.81. The lowest BCUT2D eigenvalue weighted by atomic mass is 10.2. The Morgan fingerprint density at radius 1 is 1.44 bits per heavy atom. The summed E-state index contributed by atoms with van der Waals surface area (Å²) in [6.45, 7) is 0. The van der Waals surface area contributed by atoms with Gasteiger partial charge in [-0.1, -0.05) is 0 Å². The van der Waals surface area contributed by atoms with Gasteiger partial charge in [-0.2, -0.15) is 5.26 Å². The third-order valence-corrected chi connectivity index (χ3v) is 4.29. The molecule has 18 heavy (non-hydrogen) atoms. The van der Waals surface area contributed by atoms with Crippen LogP contribution in [-0.4, -0.2) is 4.98 Å². The molecular weight excluding hydrogens is 310 g/mol. The first-order valence-electron chi connectivity index (χ1n) is 5.68. The molecule has 0 amide bonds. The van der Waals surface area contributed by atoms with Crippen molar-refractivity contribution in [3.05, 3.63) is 39.3 Å². The van der Waals surface area contributed by atoms with Crippen LogP contribution in [0.2, 0.25) is 0 Å². The molecule has 90 valence electrons. The third-order valence-electron chi connectivity index (χ3n) is 2.86. The molecule has 0 radical (unpaired) electrons. The molecule has 0 aliphatic heterocycles. The lowest BCUT2D eigenvalue weighted by Crippen LogP contribution is -1.92. The molecule has 1 aliphatic carbocycles. The monoisotopic (exact) mass is 319 g/mol. The summed E-state index contributed by atoms with van der Waals surface area (Å²) in [6.07, 6.45) is 2.54. The smallest absolute Gasteiger partial charge is 0.187 e. The van der Waals surface area contributed by atoms with Gasteiger partial charge < -0.3 is 5.32 Å². The van der Waals surface area contributed by atoms with E-state index in [-0.39, 0.29) is 0 Å². The van der Waals surface area contributed by atoms with Crippen molar-refractivity contribution in [2.45, 2.75) is 18.8 Å². The molecule has 1 aromatic carbocycles. The Kier molecular flexibility index (Phi) is 3.06. The van der Waals surface area contributed by atoms with Gasteiger partial charge in [0.25, 0.3) is 0 Å². The van der Waals surface area contributed by atoms with Gasteiger partial charge in [-0.25, -0.2) is 4.98 Å². The summed E-state index contributed by atoms with van der Waals surface area (Å²) in [5.74, 6) is 0.682. The van der Waals surface area contributed by atoms with Crippen molar-refractivity contribution in [2.24, 2.45) is 0 Å². The number of hydrogen-bond donors (Lipinski definition) is 1. The Labute approximate surface area is 118 Å². The van der Waals surface area contributed by atoms with E-state index in [2.05, 4.69) is 37.7 Å². The standard InChI is InChI=1S/C13H10BrN3S/c14-10-5-8(6-15)1-4-11(10)16-13-17-12(7-18-13)9-2-3-9/h1,4-5,7,9H,2-3H2,(H,16,17). The molecule has 1 N–H and O–H groups in total. The Morgan fingerprint density at radius 3 is 2.94 bits per heavy atom. The fraction of sp³-hybridized carbons (Fsp3) is 0.231. The Bertz CT molecular complexity index is 625. The maximum Gasteiger partial charge on any atom is 0.187 e. The van der Waals surface area contributed by atoms with E-state index in [1.54, 1.807) is 23.5 Å². The summed E-state index contributed by atoms with van der Waals surface area (Å²) in [7, 11) is 0. The van der Waals surface area contributed by atoms with E-state index >= 15 is 0 Å². The zero-order valence-corrected chi connectivity index (χ0v) is 11.9. The van der Waals surface area contributed by atoms with Gasteiger partial charge in [-0.15, -0.1) is 11.3 Å². The lowest BCUT2D eigenvalue weighted by Gasteiger charge is -2.05. The second-order valence-electron chi connectivity index (χ2n) is 4.28. The average molecular weight is 320 g/mol. The van der Waals surface area contributed by atoms with Gasteiger partial charge in [0.05, 0.1) is 23.0 Å². The third kappa shape index (κ3) is 2.40. The molecule has 1 aliphatic rings. The van der Waals surface area contributed by atoms with Gasteiger partial charge in [0.15, 0.2) is 5.13 Å². The Balaban J connectivity index is 1.80. The van der Waals surface area contributed by atoms with Crippen LogP contribution in [0.5, 0.6) is 0 Å². The van der Waals surface area contributed by atoms with E-state index in [1.165, 1.54) is 18.5 Å². The first-order valence-corrected chi connectivity index (χ1v) is 7.35. The number of halogens is 1. The van der Waals surface area contributed by atoms with Crippen LogP contribution >= 0.6 is 27.3 Å². The van der Waals surface area contributed by atoms with Crippen LogP contribution in [0.4, 0.5) is 10.8 Å². The minimum atomic E-state index is 0.644. The van der Waals surface area contributed by atoms with Crippen molar-refractivity contribution in [1.82, 2.24) is 4.98 Å². The fourth-order valence-corrected chi connectivity index (χ4v) is 2.99. The summed E-state index contributed by atoms with van der Waals surface area (Å²) in [5.41, 5.74) is 2.78. The largest absolute Gasteiger partial charge is 0.331 e. The van der Waals surface area contributed by atoms with Crippen LogP contribution in [0, 0.1) is 11.3 Å². The van der Waals surface area contributed by atoms with Crippen LogP contribution < -0.4 is 5.32 Å². The van der Waals surface area contributed by atoms with E-state index < -0.39 is 0 Å². The van der Waals surface area contributed by atoms with E-state index in [4.69, 9.17) is 5.26 Å². The van der Waals surface area contributed by atoms with Gasteiger partial charge in [-0.05, 0) is 47.0 Å². The Morgan fingerprint density at radius 2 is 2.28 bits per heavy atom. The minimum Gasteiger partial charge on any atom is -0.331 e. The van der Waals surface area contributed by atoms with Crippen LogP contribution in [-0.2, 0) is 0 Å². The van der Waals surface area contributed by atoms with Crippen molar-refractivity contribution in [2.75, 3.05) is 5.32 Å². The molecular formula is C13H10BrN3S. The highest BCUT2D eigenvalue weighted by molar-refractivity contribution is 9.10. The predicted molar refractivity (Wildman–Crippen MR) is 76.2 cm³/mol. The van der Waals surface area contributed by atoms with Crippen molar-refractivity contribution >= 4 is 38.1 Å². The van der Waals surface area contributed by atoms with E-state index in [0.717, 1.165) is 15.3 Å². The summed E-state index contributed by atoms with van der Waals surface area (Å²) >= 11 is 5.08. The normalized spacial score (nSPS) is 14.2. The molecule has 2 aromatic rings. The van der Waals surface area contributed by atoms with Crippen LogP contribution in [0.25, 0.3) is 0 Å². The molecule has 0 bridgehead atoms. The molecule has 1 fully saturated rings. The van der Waals surface area contributed by atoms with Crippen molar-refractivity contribution < 1.29 is 0 Å². The second-order valence-corrected chi connectivity index (χ2v) is 6.00. The average Bonchev–Trinajstić information content (AvgIpc) is 3.13. The first kappa shape index (κ1) is 11.7. The van der Waals surface area contributed by atoms with Gasteiger partial charge in [0.2, 0.25) is 0 Å². The minimum absolute atomic E-state index is 0.644. The number of benzene rings is 1. The molecule has 5 heteroatoms. The highest BCUT2D eigenvalue weighted by atomic mass is 79.9. The van der Waals surface area contributed by atoms with Gasteiger partial charge in [-0.3, -0.25) is 0 Å². The van der Waals surface area contributed by atoms with Crippen LogP contribution in [0.15, 0.2) is 28.1 Å². The van der Waals surface area contributed by atoms with Crippen LogP contribution in [0.1, 0.15) is 30.0 Å². The molecule has 3 nitrogen and oxygen atoms in total. The van der Waals surface area contributed by atoms with Crippen molar-refractivity contribution in [3.8, 4) is 6.07 Å². The molecule has 3 rings (SSSR count). The van der Waals surface area contributed by atoms with E-state index in [9.17, 15) is 0 Å². The number of nitrogens with zero attached hydrogens (tertiary/aromatic N) is 2. The van der Waals surface area contributed by atoms with E-state index in [1.807, 2.05) is 6.07 Å². The van der Waals surface area contributed by atoms with Crippen molar-refractivity contribution in [3.63, 3.8) is 0 Å². The zero-order chi connectivity index (χ0) is 12.5. The van der Waals surface area contributed by atoms with Crippen LogP contribution in [0.3, 0.4) is 0 Å². The van der Waals surface area contributed by atoms with Gasteiger partial charge in [0, 0.05) is 15.8 Å². The number of nitrogens with one attached hydrogen (secondary N) is 1. The number of aromatic nitrogens is 1. The maximum atomic E-state index is 8.81. The molecule has 1 saturated carbocycles. The molecule has 0 spiro atoms. The highest BCUT2D eigenvalue weighted by Gasteiger charge is 2.26. The lowest BCUT2D eigenvalue weighted by molar-refractivity contribution is 1.05. The highest BCUT2D eigenvalue weighted by Crippen LogP contribution is 2.41. The second kappa shape index (κ2) is 4.71. The van der Waals surface area contributed by atoms with E-state index in [0.29, 0.717) is 11.5 Å². The van der Waals surface area contributed by atoms with Gasteiger partial charge in [0.1, 0.15) is 0 Å². The topological polar surface area (TPSA) is 48.7 Å². The Hall–Kier alpha value is -1.38. The molecule has 1 aromatic heterocycles. The molecule has 0 atom stereocenters. The van der Waals surface area contributed by atoms with Crippen molar-refractivity contribution in [1.29, 1.82) is 5.26 Å². The number of nitriles is 1. The molecule has 1 heterocycles. The summed E-state index contributed by atoms with van der Waals surface area (Å²) in [6, 6.07) is 7.60. The fourth-order valence-electron chi connectivity index (χ4n) is 1.71. The first-order chi connectivity index (χ1) is 8.76. The van der Waals surface area contributed by atoms with Gasteiger partial charge >= 0.3 is 0 Å². The number of anilines is 2. The SMILES string of the molecule is N#Cc1ccc(Nc2nc(C3CC3)cs2)c(Br)c1. The summed E-state index contributed by atoms with van der Waals surface area (Å²) < 4.78 is 0.879. The number of rotatable bonds is 3.